The summed E-state index contributed by atoms with van der Waals surface area (Å²) in [5.41, 5.74) is 9.83. The van der Waals surface area contributed by atoms with E-state index in [1.54, 1.807) is 36.2 Å². The predicted molar refractivity (Wildman–Crippen MR) is 103 cm³/mol. The van der Waals surface area contributed by atoms with Crippen LogP contribution in [-0.4, -0.2) is 38.0 Å². The molecule has 140 valence electrons. The molecule has 2 heterocycles. The Morgan fingerprint density at radius 1 is 1.22 bits per heavy atom. The molecule has 0 aliphatic carbocycles. The third-order valence-electron chi connectivity index (χ3n) is 4.69. The number of benzene rings is 1. The number of anilines is 1. The van der Waals surface area contributed by atoms with Crippen LogP contribution in [0.25, 0.3) is 11.3 Å². The van der Waals surface area contributed by atoms with Gasteiger partial charge in [0.15, 0.2) is 0 Å². The van der Waals surface area contributed by atoms with Crippen LogP contribution in [0, 0.1) is 13.8 Å². The predicted octanol–water partition coefficient (Wildman–Crippen LogP) is 2.19. The number of H-pyrrole nitrogens is 2. The quantitative estimate of drug-likeness (QED) is 0.653. The smallest absolute Gasteiger partial charge is 0.254 e. The molecule has 0 bridgehead atoms. The molecule has 8 nitrogen and oxygen atoms in total. The molecule has 4 N–H and O–H groups in total. The first-order chi connectivity index (χ1) is 12.8. The largest absolute Gasteiger partial charge is 0.369 e. The van der Waals surface area contributed by atoms with Crippen LogP contribution in [0.3, 0.4) is 0 Å². The summed E-state index contributed by atoms with van der Waals surface area (Å²) in [6.07, 6.45) is 0. The third kappa shape index (κ3) is 3.59. The van der Waals surface area contributed by atoms with Gasteiger partial charge in [-0.15, -0.1) is 0 Å². The molecular formula is C19H22N6O2. The Kier molecular flexibility index (Phi) is 4.81. The van der Waals surface area contributed by atoms with E-state index in [4.69, 9.17) is 5.73 Å². The van der Waals surface area contributed by atoms with Crippen molar-refractivity contribution in [1.82, 2.24) is 25.1 Å². The maximum absolute atomic E-state index is 12.9. The molecule has 0 aliphatic rings. The summed E-state index contributed by atoms with van der Waals surface area (Å²) >= 11 is 0. The van der Waals surface area contributed by atoms with Gasteiger partial charge < -0.3 is 10.6 Å². The van der Waals surface area contributed by atoms with Gasteiger partial charge in [-0.25, -0.2) is 4.98 Å². The summed E-state index contributed by atoms with van der Waals surface area (Å²) in [5.74, 6) is -0.0514. The van der Waals surface area contributed by atoms with Gasteiger partial charge in [0.05, 0.1) is 17.4 Å². The Bertz CT molecular complexity index is 1020. The van der Waals surface area contributed by atoms with Gasteiger partial charge >= 0.3 is 0 Å². The van der Waals surface area contributed by atoms with Crippen molar-refractivity contribution in [2.45, 2.75) is 26.8 Å². The van der Waals surface area contributed by atoms with Gasteiger partial charge in [-0.2, -0.15) is 5.10 Å². The monoisotopic (exact) mass is 366 g/mol. The molecule has 0 unspecified atom stereocenters. The number of nitrogens with one attached hydrogen (secondary N) is 2. The van der Waals surface area contributed by atoms with E-state index in [2.05, 4.69) is 20.2 Å². The Balaban J connectivity index is 1.84. The number of nitrogen functional groups attached to an aromatic ring is 1. The highest BCUT2D eigenvalue weighted by atomic mass is 16.2. The lowest BCUT2D eigenvalue weighted by Crippen LogP contribution is -2.30. The normalized spacial score (nSPS) is 12.0. The van der Waals surface area contributed by atoms with Crippen molar-refractivity contribution >= 4 is 11.9 Å². The fourth-order valence-corrected chi connectivity index (χ4v) is 3.16. The van der Waals surface area contributed by atoms with Crippen LogP contribution >= 0.6 is 0 Å². The molecule has 1 aromatic carbocycles. The fourth-order valence-electron chi connectivity index (χ4n) is 3.16. The first kappa shape index (κ1) is 18.4. The molecule has 0 aliphatic heterocycles. The van der Waals surface area contributed by atoms with Crippen LogP contribution < -0.4 is 11.3 Å². The van der Waals surface area contributed by atoms with E-state index < -0.39 is 0 Å². The minimum Gasteiger partial charge on any atom is -0.369 e. The number of amides is 1. The molecule has 27 heavy (non-hydrogen) atoms. The number of hydrogen-bond acceptors (Lipinski definition) is 5. The molecule has 0 saturated carbocycles. The first-order valence-corrected chi connectivity index (χ1v) is 8.54. The van der Waals surface area contributed by atoms with Crippen LogP contribution in [0.2, 0.25) is 0 Å². The van der Waals surface area contributed by atoms with Crippen molar-refractivity contribution in [2.75, 3.05) is 12.8 Å². The minimum atomic E-state index is -0.322. The molecule has 2 aromatic heterocycles. The Labute approximate surface area is 156 Å². The number of aromatic amines is 2. The van der Waals surface area contributed by atoms with E-state index >= 15 is 0 Å². The number of aryl methyl sites for hydroxylation is 2. The number of hydrogen-bond donors (Lipinski definition) is 3. The average Bonchev–Trinajstić information content (AvgIpc) is 2.97. The zero-order chi connectivity index (χ0) is 19.7. The summed E-state index contributed by atoms with van der Waals surface area (Å²) < 4.78 is 0. The van der Waals surface area contributed by atoms with Crippen LogP contribution in [0.15, 0.2) is 35.1 Å². The molecule has 0 radical (unpaired) electrons. The van der Waals surface area contributed by atoms with E-state index in [1.165, 1.54) is 6.07 Å². The highest BCUT2D eigenvalue weighted by Gasteiger charge is 2.23. The van der Waals surface area contributed by atoms with Gasteiger partial charge in [-0.1, -0.05) is 12.1 Å². The van der Waals surface area contributed by atoms with Crippen molar-refractivity contribution in [3.8, 4) is 11.3 Å². The van der Waals surface area contributed by atoms with Gasteiger partial charge in [0, 0.05) is 35.5 Å². The number of carbonyl (C=O) groups is 1. The topological polar surface area (TPSA) is 121 Å². The van der Waals surface area contributed by atoms with Crippen molar-refractivity contribution in [2.24, 2.45) is 0 Å². The molecular weight excluding hydrogens is 344 g/mol. The molecule has 3 rings (SSSR count). The summed E-state index contributed by atoms with van der Waals surface area (Å²) in [4.78, 5) is 32.6. The molecule has 0 fully saturated rings. The van der Waals surface area contributed by atoms with Crippen LogP contribution in [0.1, 0.15) is 40.3 Å². The van der Waals surface area contributed by atoms with E-state index in [-0.39, 0.29) is 23.5 Å². The zero-order valence-corrected chi connectivity index (χ0v) is 15.7. The maximum Gasteiger partial charge on any atom is 0.254 e. The number of nitrogens with zero attached hydrogens (tertiary/aromatic N) is 3. The van der Waals surface area contributed by atoms with Crippen molar-refractivity contribution in [3.05, 3.63) is 63.2 Å². The Hall–Kier alpha value is -3.42. The molecule has 1 atom stereocenters. The number of carbonyl (C=O) groups excluding carboxylic acids is 1. The minimum absolute atomic E-state index is 0.0528. The second-order valence-corrected chi connectivity index (χ2v) is 6.53. The van der Waals surface area contributed by atoms with Gasteiger partial charge in [0.25, 0.3) is 11.5 Å². The average molecular weight is 366 g/mol. The molecule has 8 heteroatoms. The molecule has 3 aromatic rings. The van der Waals surface area contributed by atoms with E-state index in [0.717, 1.165) is 17.0 Å². The summed E-state index contributed by atoms with van der Waals surface area (Å²) in [6, 6.07) is 8.18. The van der Waals surface area contributed by atoms with Crippen molar-refractivity contribution in [3.63, 3.8) is 0 Å². The second kappa shape index (κ2) is 7.06. The summed E-state index contributed by atoms with van der Waals surface area (Å²) in [6.45, 7) is 5.84. The lowest BCUT2D eigenvalue weighted by molar-refractivity contribution is 0.0742. The van der Waals surface area contributed by atoms with Gasteiger partial charge in [0.1, 0.15) is 0 Å². The lowest BCUT2D eigenvalue weighted by atomic mass is 10.0. The van der Waals surface area contributed by atoms with E-state index in [1.807, 2.05) is 20.8 Å². The van der Waals surface area contributed by atoms with E-state index in [9.17, 15) is 9.59 Å². The SMILES string of the molecule is Cc1n[nH]c(C)c1[C@H](C)N(C)C(=O)c1ccc(-c2cc(=O)[nH]c(N)n2)cc1. The molecule has 0 saturated heterocycles. The van der Waals surface area contributed by atoms with Gasteiger partial charge in [-0.3, -0.25) is 19.7 Å². The second-order valence-electron chi connectivity index (χ2n) is 6.53. The maximum atomic E-state index is 12.9. The number of rotatable bonds is 4. The molecule has 0 spiro atoms. The fraction of sp³-hybridized carbons (Fsp3) is 0.263. The lowest BCUT2D eigenvalue weighted by Gasteiger charge is -2.25. The first-order valence-electron chi connectivity index (χ1n) is 8.54. The highest BCUT2D eigenvalue weighted by molar-refractivity contribution is 5.94. The number of aromatic nitrogens is 4. The van der Waals surface area contributed by atoms with Crippen molar-refractivity contribution < 1.29 is 4.79 Å². The van der Waals surface area contributed by atoms with Crippen LogP contribution in [0.5, 0.6) is 0 Å². The standard InChI is InChI=1S/C19H22N6O2/c1-10-17(11(2)24-23-10)12(3)25(4)18(27)14-7-5-13(6-8-14)15-9-16(26)22-19(20)21-15/h5-9,12H,1-4H3,(H,23,24)(H3,20,21,22,26)/t12-/m0/s1. The summed E-state index contributed by atoms with van der Waals surface area (Å²) in [5, 5.41) is 7.16. The Morgan fingerprint density at radius 2 is 1.89 bits per heavy atom. The Morgan fingerprint density at radius 3 is 2.44 bits per heavy atom. The van der Waals surface area contributed by atoms with E-state index in [0.29, 0.717) is 16.8 Å². The zero-order valence-electron chi connectivity index (χ0n) is 15.7. The van der Waals surface area contributed by atoms with Crippen LogP contribution in [0.4, 0.5) is 5.95 Å². The number of nitrogens with two attached hydrogens (primary N) is 1. The molecule has 1 amide bonds. The van der Waals surface area contributed by atoms with Gasteiger partial charge in [-0.05, 0) is 32.9 Å². The van der Waals surface area contributed by atoms with Gasteiger partial charge in [0.2, 0.25) is 5.95 Å². The van der Waals surface area contributed by atoms with Crippen LogP contribution in [-0.2, 0) is 0 Å². The van der Waals surface area contributed by atoms with Crippen molar-refractivity contribution in [1.29, 1.82) is 0 Å². The summed E-state index contributed by atoms with van der Waals surface area (Å²) in [7, 11) is 1.77. The highest BCUT2D eigenvalue weighted by Crippen LogP contribution is 2.26. The third-order valence-corrected chi connectivity index (χ3v) is 4.69.